The number of carboxylic acid groups (broad SMARTS) is 1. The van der Waals surface area contributed by atoms with Gasteiger partial charge in [-0.1, -0.05) is 6.07 Å². The predicted octanol–water partition coefficient (Wildman–Crippen LogP) is 2.39. The van der Waals surface area contributed by atoms with Gasteiger partial charge in [0.2, 0.25) is 5.91 Å². The minimum Gasteiger partial charge on any atom is -0.481 e. The van der Waals surface area contributed by atoms with Crippen molar-refractivity contribution in [1.82, 2.24) is 4.90 Å². The van der Waals surface area contributed by atoms with Crippen LogP contribution in [0.25, 0.3) is 0 Å². The van der Waals surface area contributed by atoms with Gasteiger partial charge in [-0.25, -0.2) is 8.78 Å². The summed E-state index contributed by atoms with van der Waals surface area (Å²) >= 11 is 0. The van der Waals surface area contributed by atoms with E-state index >= 15 is 0 Å². The Hall–Kier alpha value is -1.98. The normalized spacial score (nSPS) is 20.1. The highest BCUT2D eigenvalue weighted by molar-refractivity contribution is 5.82. The van der Waals surface area contributed by atoms with E-state index in [-0.39, 0.29) is 17.9 Å². The Bertz CT molecular complexity index is 542. The fraction of sp³-hybridized carbons (Fsp3) is 0.467. The van der Waals surface area contributed by atoms with Gasteiger partial charge in [0, 0.05) is 37.4 Å². The SMILES string of the molecule is CN(CCCC(=O)O)C(=O)[C@H]1C[C@@H]1c1c(F)cccc1F. The first-order chi connectivity index (χ1) is 9.91. The lowest BCUT2D eigenvalue weighted by atomic mass is 10.1. The first kappa shape index (κ1) is 15.4. The number of hydrogen-bond acceptors (Lipinski definition) is 2. The Morgan fingerprint density at radius 3 is 2.52 bits per heavy atom. The molecule has 1 saturated carbocycles. The standard InChI is InChI=1S/C15H17F2NO3/c1-18(7-3-6-13(19)20)15(21)10-8-9(10)14-11(16)4-2-5-12(14)17/h2,4-5,9-10H,3,6-8H2,1H3,(H,19,20)/t9-,10-/m0/s1. The summed E-state index contributed by atoms with van der Waals surface area (Å²) in [5.41, 5.74) is -0.0187. The van der Waals surface area contributed by atoms with Gasteiger partial charge in [-0.05, 0) is 25.0 Å². The number of rotatable bonds is 6. The molecule has 21 heavy (non-hydrogen) atoms. The molecule has 1 aliphatic carbocycles. The van der Waals surface area contributed by atoms with E-state index in [0.29, 0.717) is 19.4 Å². The molecule has 1 aromatic rings. The molecule has 0 saturated heterocycles. The Kier molecular flexibility index (Phi) is 4.55. The van der Waals surface area contributed by atoms with Crippen LogP contribution in [0.5, 0.6) is 0 Å². The molecular formula is C15H17F2NO3. The summed E-state index contributed by atoms with van der Waals surface area (Å²) < 4.78 is 27.3. The second-order valence-electron chi connectivity index (χ2n) is 5.34. The van der Waals surface area contributed by atoms with Crippen molar-refractivity contribution in [2.45, 2.75) is 25.2 Å². The summed E-state index contributed by atoms with van der Waals surface area (Å²) in [7, 11) is 1.58. The zero-order valence-corrected chi connectivity index (χ0v) is 11.7. The van der Waals surface area contributed by atoms with E-state index in [1.807, 2.05) is 0 Å². The number of carbonyl (C=O) groups excluding carboxylic acids is 1. The van der Waals surface area contributed by atoms with Crippen LogP contribution < -0.4 is 0 Å². The molecule has 2 atom stereocenters. The number of nitrogens with zero attached hydrogens (tertiary/aromatic N) is 1. The lowest BCUT2D eigenvalue weighted by molar-refractivity contribution is -0.138. The summed E-state index contributed by atoms with van der Waals surface area (Å²) in [4.78, 5) is 24.0. The highest BCUT2D eigenvalue weighted by Crippen LogP contribution is 2.49. The molecule has 1 aromatic carbocycles. The third kappa shape index (κ3) is 3.56. The largest absolute Gasteiger partial charge is 0.481 e. The van der Waals surface area contributed by atoms with Gasteiger partial charge < -0.3 is 10.0 Å². The van der Waals surface area contributed by atoms with E-state index in [1.54, 1.807) is 7.05 Å². The minimum atomic E-state index is -0.909. The van der Waals surface area contributed by atoms with Crippen molar-refractivity contribution in [1.29, 1.82) is 0 Å². The highest BCUT2D eigenvalue weighted by atomic mass is 19.1. The molecule has 0 heterocycles. The molecule has 2 rings (SSSR count). The molecule has 1 N–H and O–H groups in total. The highest BCUT2D eigenvalue weighted by Gasteiger charge is 2.47. The van der Waals surface area contributed by atoms with Crippen LogP contribution in [0.2, 0.25) is 0 Å². The number of carboxylic acids is 1. The fourth-order valence-electron chi connectivity index (χ4n) is 2.51. The van der Waals surface area contributed by atoms with Crippen LogP contribution in [0.15, 0.2) is 18.2 Å². The smallest absolute Gasteiger partial charge is 0.303 e. The van der Waals surface area contributed by atoms with Gasteiger partial charge in [0.25, 0.3) is 0 Å². The van der Waals surface area contributed by atoms with E-state index in [9.17, 15) is 18.4 Å². The molecule has 1 fully saturated rings. The van der Waals surface area contributed by atoms with Gasteiger partial charge in [-0.3, -0.25) is 9.59 Å². The number of amides is 1. The second-order valence-corrected chi connectivity index (χ2v) is 5.34. The average Bonchev–Trinajstić information content (AvgIpc) is 3.17. The monoisotopic (exact) mass is 297 g/mol. The molecule has 114 valence electrons. The zero-order valence-electron chi connectivity index (χ0n) is 11.7. The summed E-state index contributed by atoms with van der Waals surface area (Å²) in [5.74, 6) is -3.17. The fourth-order valence-corrected chi connectivity index (χ4v) is 2.51. The van der Waals surface area contributed by atoms with Crippen LogP contribution in [0.3, 0.4) is 0 Å². The molecule has 4 nitrogen and oxygen atoms in total. The van der Waals surface area contributed by atoms with Crippen molar-refractivity contribution in [3.63, 3.8) is 0 Å². The Balaban J connectivity index is 1.93. The van der Waals surface area contributed by atoms with Gasteiger partial charge in [-0.15, -0.1) is 0 Å². The van der Waals surface area contributed by atoms with Crippen molar-refractivity contribution in [2.24, 2.45) is 5.92 Å². The van der Waals surface area contributed by atoms with Crippen LogP contribution in [0.1, 0.15) is 30.7 Å². The summed E-state index contributed by atoms with van der Waals surface area (Å²) in [6, 6.07) is 3.68. The van der Waals surface area contributed by atoms with Crippen LogP contribution in [0.4, 0.5) is 8.78 Å². The van der Waals surface area contributed by atoms with Crippen LogP contribution in [0, 0.1) is 17.6 Å². The number of hydrogen-bond donors (Lipinski definition) is 1. The summed E-state index contributed by atoms with van der Waals surface area (Å²) in [6.45, 7) is 0.327. The maximum atomic E-state index is 13.6. The third-order valence-electron chi connectivity index (χ3n) is 3.74. The van der Waals surface area contributed by atoms with E-state index in [4.69, 9.17) is 5.11 Å². The van der Waals surface area contributed by atoms with E-state index < -0.39 is 29.4 Å². The van der Waals surface area contributed by atoms with Crippen LogP contribution in [-0.2, 0) is 9.59 Å². The first-order valence-electron chi connectivity index (χ1n) is 6.82. The Labute approximate surface area is 121 Å². The molecule has 0 aromatic heterocycles. The summed E-state index contributed by atoms with van der Waals surface area (Å²) in [5, 5.41) is 8.55. The van der Waals surface area contributed by atoms with Crippen molar-refractivity contribution >= 4 is 11.9 Å². The maximum absolute atomic E-state index is 13.6. The second kappa shape index (κ2) is 6.20. The maximum Gasteiger partial charge on any atom is 0.303 e. The topological polar surface area (TPSA) is 57.6 Å². The lowest BCUT2D eigenvalue weighted by Gasteiger charge is -2.16. The van der Waals surface area contributed by atoms with Crippen molar-refractivity contribution in [2.75, 3.05) is 13.6 Å². The molecule has 0 bridgehead atoms. The van der Waals surface area contributed by atoms with Crippen molar-refractivity contribution in [3.05, 3.63) is 35.4 Å². The Morgan fingerprint density at radius 2 is 1.95 bits per heavy atom. The molecule has 1 amide bonds. The van der Waals surface area contributed by atoms with Crippen molar-refractivity contribution in [3.8, 4) is 0 Å². The molecular weight excluding hydrogens is 280 g/mol. The van der Waals surface area contributed by atoms with Gasteiger partial charge in [0.15, 0.2) is 0 Å². The number of aliphatic carboxylic acids is 1. The summed E-state index contributed by atoms with van der Waals surface area (Å²) in [6.07, 6.45) is 0.788. The third-order valence-corrected chi connectivity index (χ3v) is 3.74. The van der Waals surface area contributed by atoms with Crippen LogP contribution >= 0.6 is 0 Å². The average molecular weight is 297 g/mol. The molecule has 1 aliphatic rings. The number of benzene rings is 1. The Morgan fingerprint density at radius 1 is 1.33 bits per heavy atom. The molecule has 0 aliphatic heterocycles. The van der Waals surface area contributed by atoms with Gasteiger partial charge in [0.05, 0.1) is 0 Å². The van der Waals surface area contributed by atoms with E-state index in [1.165, 1.54) is 23.1 Å². The lowest BCUT2D eigenvalue weighted by Crippen LogP contribution is -2.29. The van der Waals surface area contributed by atoms with E-state index in [2.05, 4.69) is 0 Å². The quantitative estimate of drug-likeness (QED) is 0.877. The minimum absolute atomic E-state index is 0.00629. The first-order valence-corrected chi connectivity index (χ1v) is 6.82. The number of halogens is 2. The van der Waals surface area contributed by atoms with Gasteiger partial charge in [0.1, 0.15) is 11.6 Å². The van der Waals surface area contributed by atoms with Crippen LogP contribution in [-0.4, -0.2) is 35.5 Å². The molecule has 6 heteroatoms. The number of carbonyl (C=O) groups is 2. The molecule has 0 unspecified atom stereocenters. The predicted molar refractivity (Wildman–Crippen MR) is 71.7 cm³/mol. The molecule has 0 spiro atoms. The van der Waals surface area contributed by atoms with Crippen molar-refractivity contribution < 1.29 is 23.5 Å². The van der Waals surface area contributed by atoms with E-state index in [0.717, 1.165) is 0 Å². The van der Waals surface area contributed by atoms with Gasteiger partial charge >= 0.3 is 5.97 Å². The zero-order chi connectivity index (χ0) is 15.6. The molecule has 0 radical (unpaired) electrons. The van der Waals surface area contributed by atoms with Gasteiger partial charge in [-0.2, -0.15) is 0 Å².